The zero-order valence-corrected chi connectivity index (χ0v) is 17.3. The summed E-state index contributed by atoms with van der Waals surface area (Å²) >= 11 is 0. The number of hydrogen-bond donors (Lipinski definition) is 3. The predicted molar refractivity (Wildman–Crippen MR) is 116 cm³/mol. The van der Waals surface area contributed by atoms with Gasteiger partial charge in [0, 0.05) is 29.8 Å². The lowest BCUT2D eigenvalue weighted by atomic mass is 9.63. The Morgan fingerprint density at radius 2 is 1.70 bits per heavy atom. The molecule has 2 aliphatic carbocycles. The molecule has 30 heavy (non-hydrogen) atoms. The molecule has 0 heterocycles. The number of nitrogens with one attached hydrogen (secondary N) is 2. The van der Waals surface area contributed by atoms with E-state index in [1.165, 1.54) is 6.42 Å². The van der Waals surface area contributed by atoms with E-state index in [1.807, 2.05) is 42.5 Å². The van der Waals surface area contributed by atoms with Gasteiger partial charge in [-0.1, -0.05) is 43.2 Å². The summed E-state index contributed by atoms with van der Waals surface area (Å²) < 4.78 is 0. The fourth-order valence-corrected chi connectivity index (χ4v) is 5.24. The predicted octanol–water partition coefficient (Wildman–Crippen LogP) is 3.68. The maximum absolute atomic E-state index is 12.9. The third-order valence-electron chi connectivity index (χ3n) is 6.64. The van der Waals surface area contributed by atoms with E-state index in [0.717, 1.165) is 37.7 Å². The van der Waals surface area contributed by atoms with E-state index >= 15 is 0 Å². The van der Waals surface area contributed by atoms with Crippen LogP contribution in [0.3, 0.4) is 0 Å². The molecule has 158 valence electrons. The molecule has 4 rings (SSSR count). The van der Waals surface area contributed by atoms with Gasteiger partial charge in [-0.05, 0) is 67.3 Å². The van der Waals surface area contributed by atoms with Crippen molar-refractivity contribution in [1.82, 2.24) is 10.6 Å². The summed E-state index contributed by atoms with van der Waals surface area (Å²) in [5, 5.41) is 15.9. The number of benzene rings is 2. The molecule has 2 bridgehead atoms. The fourth-order valence-electron chi connectivity index (χ4n) is 5.24. The Balaban J connectivity index is 1.35. The minimum atomic E-state index is -0.173. The van der Waals surface area contributed by atoms with E-state index in [2.05, 4.69) is 10.6 Å². The number of aliphatic hydroxyl groups excluding tert-OH is 1. The van der Waals surface area contributed by atoms with Crippen LogP contribution in [-0.4, -0.2) is 29.1 Å². The normalized spacial score (nSPS) is 25.4. The number of aliphatic hydroxyl groups is 1. The lowest BCUT2D eigenvalue weighted by Gasteiger charge is -2.48. The van der Waals surface area contributed by atoms with E-state index in [9.17, 15) is 14.7 Å². The van der Waals surface area contributed by atoms with Crippen molar-refractivity contribution in [1.29, 1.82) is 0 Å². The molecule has 3 unspecified atom stereocenters. The van der Waals surface area contributed by atoms with Gasteiger partial charge in [0.15, 0.2) is 0 Å². The van der Waals surface area contributed by atoms with Crippen LogP contribution in [0.15, 0.2) is 54.6 Å². The summed E-state index contributed by atoms with van der Waals surface area (Å²) in [4.78, 5) is 25.1. The van der Waals surface area contributed by atoms with Gasteiger partial charge in [-0.15, -0.1) is 0 Å². The molecule has 2 saturated carbocycles. The summed E-state index contributed by atoms with van der Waals surface area (Å²) in [6, 6.07) is 16.5. The molecule has 3 atom stereocenters. The first-order chi connectivity index (χ1) is 14.6. The molecule has 5 heteroatoms. The van der Waals surface area contributed by atoms with Gasteiger partial charge in [-0.2, -0.15) is 0 Å². The maximum Gasteiger partial charge on any atom is 0.251 e. The molecule has 2 aromatic rings. The van der Waals surface area contributed by atoms with E-state index < -0.39 is 0 Å². The number of carbonyl (C=O) groups excluding carboxylic acids is 2. The highest BCUT2D eigenvalue weighted by Gasteiger charge is 2.43. The van der Waals surface area contributed by atoms with E-state index in [4.69, 9.17) is 0 Å². The Hall–Kier alpha value is -2.66. The van der Waals surface area contributed by atoms with Crippen molar-refractivity contribution in [2.24, 2.45) is 11.8 Å². The van der Waals surface area contributed by atoms with Crippen LogP contribution in [0.5, 0.6) is 0 Å². The highest BCUT2D eigenvalue weighted by Crippen LogP contribution is 2.45. The summed E-state index contributed by atoms with van der Waals surface area (Å²) in [7, 11) is 0. The second-order valence-electron chi connectivity index (χ2n) is 8.93. The van der Waals surface area contributed by atoms with Gasteiger partial charge in [0.05, 0.1) is 0 Å². The largest absolute Gasteiger partial charge is 0.396 e. The van der Waals surface area contributed by atoms with Crippen molar-refractivity contribution >= 4 is 11.8 Å². The maximum atomic E-state index is 12.9. The average Bonchev–Trinajstić information content (AvgIpc) is 2.77. The zero-order chi connectivity index (χ0) is 21.0. The molecule has 3 N–H and O–H groups in total. The summed E-state index contributed by atoms with van der Waals surface area (Å²) in [5.41, 5.74) is 2.04. The number of carbonyl (C=O) groups is 2. The number of amides is 2. The number of fused-ring (bicyclic) bond motifs is 2. The highest BCUT2D eigenvalue weighted by atomic mass is 16.3. The fraction of sp³-hybridized carbons (Fsp3) is 0.440. The molecule has 0 aromatic heterocycles. The number of rotatable bonds is 6. The third-order valence-corrected chi connectivity index (χ3v) is 6.64. The molecule has 5 nitrogen and oxygen atoms in total. The van der Waals surface area contributed by atoms with Gasteiger partial charge < -0.3 is 15.7 Å². The van der Waals surface area contributed by atoms with E-state index in [1.54, 1.807) is 12.1 Å². The Morgan fingerprint density at radius 1 is 0.967 bits per heavy atom. The van der Waals surface area contributed by atoms with E-state index in [0.29, 0.717) is 29.5 Å². The van der Waals surface area contributed by atoms with Crippen molar-refractivity contribution < 1.29 is 14.7 Å². The van der Waals surface area contributed by atoms with Crippen molar-refractivity contribution in [3.8, 4) is 0 Å². The van der Waals surface area contributed by atoms with Gasteiger partial charge in [0.1, 0.15) is 0 Å². The summed E-state index contributed by atoms with van der Waals surface area (Å²) in [5.74, 6) is 0.744. The molecule has 2 fully saturated rings. The number of hydrogen-bond acceptors (Lipinski definition) is 3. The molecular weight excluding hydrogens is 376 g/mol. The molecule has 2 amide bonds. The first-order valence-electron chi connectivity index (χ1n) is 10.9. The smallest absolute Gasteiger partial charge is 0.251 e. The SMILES string of the molecule is O=C(NCc1ccc(C(=O)NC23CCCC(CC(CO)C2)C3)cc1)c1ccccc1. The molecule has 2 aliphatic rings. The van der Waals surface area contributed by atoms with Crippen LogP contribution in [0.25, 0.3) is 0 Å². The Bertz CT molecular complexity index is 881. The second-order valence-corrected chi connectivity index (χ2v) is 8.93. The zero-order valence-electron chi connectivity index (χ0n) is 17.3. The lowest BCUT2D eigenvalue weighted by Crippen LogP contribution is -2.55. The van der Waals surface area contributed by atoms with Gasteiger partial charge >= 0.3 is 0 Å². The van der Waals surface area contributed by atoms with Crippen molar-refractivity contribution in [3.05, 3.63) is 71.3 Å². The first-order valence-corrected chi connectivity index (χ1v) is 10.9. The average molecular weight is 407 g/mol. The van der Waals surface area contributed by atoms with Crippen LogP contribution in [0.2, 0.25) is 0 Å². The second kappa shape index (κ2) is 9.00. The lowest BCUT2D eigenvalue weighted by molar-refractivity contribution is 0.0443. The third kappa shape index (κ3) is 4.73. The van der Waals surface area contributed by atoms with Crippen LogP contribution in [0.4, 0.5) is 0 Å². The first kappa shape index (κ1) is 20.6. The van der Waals surface area contributed by atoms with Crippen LogP contribution >= 0.6 is 0 Å². The quantitative estimate of drug-likeness (QED) is 0.685. The van der Waals surface area contributed by atoms with Gasteiger partial charge in [0.2, 0.25) is 0 Å². The van der Waals surface area contributed by atoms with Crippen molar-refractivity contribution in [2.45, 2.75) is 50.6 Å². The summed E-state index contributed by atoms with van der Waals surface area (Å²) in [6.45, 7) is 0.622. The molecule has 0 radical (unpaired) electrons. The van der Waals surface area contributed by atoms with Crippen molar-refractivity contribution in [3.63, 3.8) is 0 Å². The standard InChI is InChI=1S/C25H30N2O3/c28-17-20-13-19-5-4-12-25(14-19,15-20)27-24(30)22-10-8-18(9-11-22)16-26-23(29)21-6-2-1-3-7-21/h1-3,6-11,19-20,28H,4-5,12-17H2,(H,26,29)(H,27,30). The Labute approximate surface area is 177 Å². The molecule has 0 saturated heterocycles. The molecule has 0 aliphatic heterocycles. The van der Waals surface area contributed by atoms with Gasteiger partial charge in [0.25, 0.3) is 11.8 Å². The van der Waals surface area contributed by atoms with E-state index in [-0.39, 0.29) is 24.0 Å². The van der Waals surface area contributed by atoms with Crippen LogP contribution in [0.1, 0.15) is 64.8 Å². The highest BCUT2D eigenvalue weighted by molar-refractivity contribution is 5.95. The van der Waals surface area contributed by atoms with Crippen molar-refractivity contribution in [2.75, 3.05) is 6.61 Å². The van der Waals surface area contributed by atoms with Gasteiger partial charge in [-0.3, -0.25) is 9.59 Å². The molecule has 0 spiro atoms. The monoisotopic (exact) mass is 406 g/mol. The van der Waals surface area contributed by atoms with Crippen LogP contribution < -0.4 is 10.6 Å². The minimum absolute atomic E-state index is 0.0471. The van der Waals surface area contributed by atoms with Crippen LogP contribution in [0, 0.1) is 11.8 Å². The molecule has 2 aromatic carbocycles. The topological polar surface area (TPSA) is 78.4 Å². The van der Waals surface area contributed by atoms with Crippen LogP contribution in [-0.2, 0) is 6.54 Å². The molecular formula is C25H30N2O3. The Morgan fingerprint density at radius 3 is 2.43 bits per heavy atom. The minimum Gasteiger partial charge on any atom is -0.396 e. The Kier molecular flexibility index (Phi) is 6.18. The van der Waals surface area contributed by atoms with Gasteiger partial charge in [-0.25, -0.2) is 0 Å². The summed E-state index contributed by atoms with van der Waals surface area (Å²) in [6.07, 6.45) is 6.32.